The quantitative estimate of drug-likeness (QED) is 0.610. The summed E-state index contributed by atoms with van der Waals surface area (Å²) in [7, 11) is 1.63. The van der Waals surface area contributed by atoms with Crippen LogP contribution in [0.1, 0.15) is 25.0 Å². The molecule has 0 aliphatic heterocycles. The van der Waals surface area contributed by atoms with Gasteiger partial charge in [0.1, 0.15) is 11.8 Å². The maximum atomic E-state index is 12.9. The number of halogens is 1. The van der Waals surface area contributed by atoms with Gasteiger partial charge in [-0.1, -0.05) is 35.9 Å². The van der Waals surface area contributed by atoms with Crippen molar-refractivity contribution in [2.45, 2.75) is 32.2 Å². The highest BCUT2D eigenvalue weighted by Crippen LogP contribution is 2.19. The van der Waals surface area contributed by atoms with Gasteiger partial charge in [0.25, 0.3) is 0 Å². The fourth-order valence-corrected chi connectivity index (χ4v) is 3.88. The van der Waals surface area contributed by atoms with Crippen LogP contribution in [0, 0.1) is 0 Å². The molecule has 0 aliphatic carbocycles. The summed E-state index contributed by atoms with van der Waals surface area (Å²) in [6, 6.07) is 14.6. The average molecular weight is 435 g/mol. The number of methoxy groups -OCH3 is 1. The van der Waals surface area contributed by atoms with E-state index in [-0.39, 0.29) is 17.6 Å². The topological polar surface area (TPSA) is 58.6 Å². The van der Waals surface area contributed by atoms with Gasteiger partial charge in [-0.15, -0.1) is 11.8 Å². The summed E-state index contributed by atoms with van der Waals surface area (Å²) in [4.78, 5) is 26.9. The molecule has 0 saturated carbocycles. The molecule has 156 valence electrons. The first kappa shape index (κ1) is 23.1. The number of nitrogens with one attached hydrogen (secondary N) is 1. The zero-order valence-electron chi connectivity index (χ0n) is 17.0. The Kier molecular flexibility index (Phi) is 9.35. The van der Waals surface area contributed by atoms with Gasteiger partial charge < -0.3 is 15.0 Å². The van der Waals surface area contributed by atoms with Crippen molar-refractivity contribution in [3.63, 3.8) is 0 Å². The maximum absolute atomic E-state index is 12.9. The molecular weight excluding hydrogens is 408 g/mol. The van der Waals surface area contributed by atoms with E-state index in [1.807, 2.05) is 49.4 Å². The predicted molar refractivity (Wildman–Crippen MR) is 119 cm³/mol. The van der Waals surface area contributed by atoms with Gasteiger partial charge in [0, 0.05) is 23.9 Å². The number of hydrogen-bond acceptors (Lipinski definition) is 4. The Hall–Kier alpha value is -2.18. The van der Waals surface area contributed by atoms with Gasteiger partial charge in [-0.05, 0) is 49.2 Å². The molecule has 0 spiro atoms. The first-order valence-electron chi connectivity index (χ1n) is 9.47. The number of likely N-dealkylation sites (N-methyl/N-ethyl adjacent to an activating group) is 1. The van der Waals surface area contributed by atoms with Crippen molar-refractivity contribution in [3.05, 3.63) is 64.7 Å². The van der Waals surface area contributed by atoms with Gasteiger partial charge in [-0.25, -0.2) is 0 Å². The lowest BCUT2D eigenvalue weighted by Gasteiger charge is -2.28. The van der Waals surface area contributed by atoms with Crippen LogP contribution < -0.4 is 10.1 Å². The molecule has 1 atom stereocenters. The summed E-state index contributed by atoms with van der Waals surface area (Å²) in [5, 5.41) is 3.40. The molecule has 0 aromatic heterocycles. The van der Waals surface area contributed by atoms with E-state index in [0.29, 0.717) is 23.9 Å². The number of rotatable bonds is 10. The fraction of sp³-hybridized carbons (Fsp3) is 0.364. The third-order valence-corrected chi connectivity index (χ3v) is 5.64. The van der Waals surface area contributed by atoms with Gasteiger partial charge in [-0.3, -0.25) is 9.59 Å². The Balaban J connectivity index is 2.03. The zero-order valence-corrected chi connectivity index (χ0v) is 18.6. The molecule has 7 heteroatoms. The number of carbonyl (C=O) groups excluding carboxylic acids is 2. The SMILES string of the molecule is CCNC(=O)C(C)N(Cc1cccc(Cl)c1)C(=O)CSCc1ccc(OC)cc1. The average Bonchev–Trinajstić information content (AvgIpc) is 2.72. The highest BCUT2D eigenvalue weighted by molar-refractivity contribution is 7.99. The number of amides is 2. The molecule has 0 bridgehead atoms. The fourth-order valence-electron chi connectivity index (χ4n) is 2.80. The van der Waals surface area contributed by atoms with Crippen LogP contribution in [0.2, 0.25) is 5.02 Å². The molecule has 2 aromatic rings. The third kappa shape index (κ3) is 7.29. The molecule has 0 fully saturated rings. The Morgan fingerprint density at radius 2 is 1.90 bits per heavy atom. The smallest absolute Gasteiger partial charge is 0.242 e. The van der Waals surface area contributed by atoms with E-state index in [2.05, 4.69) is 5.32 Å². The highest BCUT2D eigenvalue weighted by Gasteiger charge is 2.25. The van der Waals surface area contributed by atoms with Crippen LogP contribution in [0.3, 0.4) is 0 Å². The van der Waals surface area contributed by atoms with Crippen LogP contribution in [-0.4, -0.2) is 42.2 Å². The highest BCUT2D eigenvalue weighted by atomic mass is 35.5. The molecule has 0 radical (unpaired) electrons. The number of hydrogen-bond donors (Lipinski definition) is 1. The van der Waals surface area contributed by atoms with E-state index in [4.69, 9.17) is 16.3 Å². The van der Waals surface area contributed by atoms with Crippen LogP contribution in [0.15, 0.2) is 48.5 Å². The summed E-state index contributed by atoms with van der Waals surface area (Å²) in [6.45, 7) is 4.47. The normalized spacial score (nSPS) is 11.6. The molecule has 2 aromatic carbocycles. The number of benzene rings is 2. The molecule has 29 heavy (non-hydrogen) atoms. The first-order chi connectivity index (χ1) is 13.9. The molecule has 2 amide bonds. The largest absolute Gasteiger partial charge is 0.497 e. The van der Waals surface area contributed by atoms with Crippen LogP contribution >= 0.6 is 23.4 Å². The molecular formula is C22H27ClN2O3S. The first-order valence-corrected chi connectivity index (χ1v) is 11.0. The summed E-state index contributed by atoms with van der Waals surface area (Å²) in [6.07, 6.45) is 0. The number of nitrogens with zero attached hydrogens (tertiary/aromatic N) is 1. The summed E-state index contributed by atoms with van der Waals surface area (Å²) >= 11 is 7.60. The minimum atomic E-state index is -0.567. The van der Waals surface area contributed by atoms with E-state index < -0.39 is 6.04 Å². The van der Waals surface area contributed by atoms with Gasteiger partial charge in [-0.2, -0.15) is 0 Å². The summed E-state index contributed by atoms with van der Waals surface area (Å²) < 4.78 is 5.16. The Morgan fingerprint density at radius 1 is 1.17 bits per heavy atom. The Bertz CT molecular complexity index is 814. The molecule has 1 N–H and O–H groups in total. The van der Waals surface area contributed by atoms with E-state index in [0.717, 1.165) is 16.9 Å². The number of ether oxygens (including phenoxy) is 1. The molecule has 5 nitrogen and oxygen atoms in total. The van der Waals surface area contributed by atoms with Gasteiger partial charge in [0.2, 0.25) is 11.8 Å². The van der Waals surface area contributed by atoms with E-state index >= 15 is 0 Å². The van der Waals surface area contributed by atoms with Crippen LogP contribution in [0.5, 0.6) is 5.75 Å². The van der Waals surface area contributed by atoms with Gasteiger partial charge >= 0.3 is 0 Å². The monoisotopic (exact) mass is 434 g/mol. The van der Waals surface area contributed by atoms with Crippen molar-refractivity contribution in [3.8, 4) is 5.75 Å². The Morgan fingerprint density at radius 3 is 2.52 bits per heavy atom. The van der Waals surface area contributed by atoms with Crippen molar-refractivity contribution < 1.29 is 14.3 Å². The van der Waals surface area contributed by atoms with Crippen LogP contribution in [0.4, 0.5) is 0 Å². The molecule has 0 aliphatic rings. The third-order valence-electron chi connectivity index (χ3n) is 4.41. The molecule has 2 rings (SSSR count). The van der Waals surface area contributed by atoms with Crippen molar-refractivity contribution in [1.82, 2.24) is 10.2 Å². The maximum Gasteiger partial charge on any atom is 0.242 e. The van der Waals surface area contributed by atoms with Crippen molar-refractivity contribution in [2.75, 3.05) is 19.4 Å². The minimum Gasteiger partial charge on any atom is -0.497 e. The van der Waals surface area contributed by atoms with Gasteiger partial charge in [0.05, 0.1) is 12.9 Å². The van der Waals surface area contributed by atoms with E-state index in [1.165, 1.54) is 11.8 Å². The molecule has 1 unspecified atom stereocenters. The lowest BCUT2D eigenvalue weighted by Crippen LogP contribution is -2.48. The number of carbonyl (C=O) groups is 2. The Labute approximate surface area is 181 Å². The van der Waals surface area contributed by atoms with Crippen LogP contribution in [-0.2, 0) is 21.9 Å². The minimum absolute atomic E-state index is 0.0813. The van der Waals surface area contributed by atoms with E-state index in [9.17, 15) is 9.59 Å². The lowest BCUT2D eigenvalue weighted by atomic mass is 10.1. The molecule has 0 heterocycles. The zero-order chi connectivity index (χ0) is 21.2. The number of thioether (sulfide) groups is 1. The second-order valence-electron chi connectivity index (χ2n) is 6.56. The summed E-state index contributed by atoms with van der Waals surface area (Å²) in [5.74, 6) is 1.55. The second kappa shape index (κ2) is 11.7. The summed E-state index contributed by atoms with van der Waals surface area (Å²) in [5.41, 5.74) is 2.00. The lowest BCUT2D eigenvalue weighted by molar-refractivity contribution is -0.138. The van der Waals surface area contributed by atoms with Crippen molar-refractivity contribution in [1.29, 1.82) is 0 Å². The van der Waals surface area contributed by atoms with Gasteiger partial charge in [0.15, 0.2) is 0 Å². The van der Waals surface area contributed by atoms with Crippen molar-refractivity contribution in [2.24, 2.45) is 0 Å². The van der Waals surface area contributed by atoms with Crippen LogP contribution in [0.25, 0.3) is 0 Å². The van der Waals surface area contributed by atoms with Crippen molar-refractivity contribution >= 4 is 35.2 Å². The van der Waals surface area contributed by atoms with E-state index in [1.54, 1.807) is 25.0 Å². The predicted octanol–water partition coefficient (Wildman–Crippen LogP) is 4.14. The second-order valence-corrected chi connectivity index (χ2v) is 7.99. The molecule has 0 saturated heterocycles. The standard InChI is InChI=1S/C22H27ClN2O3S/c1-4-24-22(27)16(2)25(13-18-6-5-7-19(23)12-18)21(26)15-29-14-17-8-10-20(28-3)11-9-17/h5-12,16H,4,13-15H2,1-3H3,(H,24,27).